The number of hydrogen-bond acceptors (Lipinski definition) is 6. The van der Waals surface area contributed by atoms with Crippen LogP contribution in [0.1, 0.15) is 9.67 Å². The predicted octanol–water partition coefficient (Wildman–Crippen LogP) is 5.23. The minimum Gasteiger partial charge on any atom is -0.497 e. The molecule has 2 aromatic heterocycles. The second kappa shape index (κ2) is 8.49. The Morgan fingerprint density at radius 1 is 1.06 bits per heavy atom. The van der Waals surface area contributed by atoms with Crippen molar-refractivity contribution in [3.05, 3.63) is 52.4 Å². The third kappa shape index (κ3) is 3.92. The molecular formula is C22H20ClN3O4S. The molecule has 0 radical (unpaired) electrons. The molecule has 2 aromatic carbocycles. The standard InChI is InChI=1S/C22H20ClN3O4S/c1-26-22-14(20(25-26)12-6-5-7-13(8-12)28-2)9-19(31-22)21(27)24-16-10-15(23)17(29-3)11-18(16)30-4/h5-11H,1-4H3,(H,24,27). The van der Waals surface area contributed by atoms with Crippen LogP contribution in [-0.4, -0.2) is 37.0 Å². The summed E-state index contributed by atoms with van der Waals surface area (Å²) in [4.78, 5) is 14.4. The number of aryl methyl sites for hydroxylation is 1. The van der Waals surface area contributed by atoms with Gasteiger partial charge < -0.3 is 19.5 Å². The normalized spacial score (nSPS) is 10.9. The summed E-state index contributed by atoms with van der Waals surface area (Å²) in [5.74, 6) is 1.40. The Labute approximate surface area is 188 Å². The van der Waals surface area contributed by atoms with Crippen LogP contribution < -0.4 is 19.5 Å². The molecule has 0 fully saturated rings. The van der Waals surface area contributed by atoms with Crippen molar-refractivity contribution in [1.82, 2.24) is 9.78 Å². The molecule has 0 aliphatic carbocycles. The van der Waals surface area contributed by atoms with Gasteiger partial charge in [-0.3, -0.25) is 9.48 Å². The fourth-order valence-corrected chi connectivity index (χ4v) is 4.49. The van der Waals surface area contributed by atoms with Crippen molar-refractivity contribution in [3.63, 3.8) is 0 Å². The Bertz CT molecular complexity index is 1280. The highest BCUT2D eigenvalue weighted by atomic mass is 35.5. The third-order valence-corrected chi connectivity index (χ3v) is 6.30. The molecule has 0 aliphatic heterocycles. The zero-order valence-corrected chi connectivity index (χ0v) is 18.9. The lowest BCUT2D eigenvalue weighted by molar-refractivity contribution is 0.103. The number of anilines is 1. The molecule has 9 heteroatoms. The van der Waals surface area contributed by atoms with Gasteiger partial charge >= 0.3 is 0 Å². The van der Waals surface area contributed by atoms with Gasteiger partial charge in [0.25, 0.3) is 5.91 Å². The van der Waals surface area contributed by atoms with E-state index < -0.39 is 0 Å². The van der Waals surface area contributed by atoms with Crippen LogP contribution in [0.3, 0.4) is 0 Å². The van der Waals surface area contributed by atoms with Crippen LogP contribution in [0.25, 0.3) is 21.5 Å². The summed E-state index contributed by atoms with van der Waals surface area (Å²) in [5.41, 5.74) is 2.16. The number of carbonyl (C=O) groups excluding carboxylic acids is 1. The van der Waals surface area contributed by atoms with Gasteiger partial charge in [0.15, 0.2) is 0 Å². The number of aromatic nitrogens is 2. The molecule has 31 heavy (non-hydrogen) atoms. The van der Waals surface area contributed by atoms with Crippen molar-refractivity contribution in [2.75, 3.05) is 26.6 Å². The number of fused-ring (bicyclic) bond motifs is 1. The zero-order chi connectivity index (χ0) is 22.1. The Kier molecular flexibility index (Phi) is 5.75. The van der Waals surface area contributed by atoms with E-state index in [9.17, 15) is 4.79 Å². The zero-order valence-electron chi connectivity index (χ0n) is 17.4. The van der Waals surface area contributed by atoms with Gasteiger partial charge in [-0.25, -0.2) is 0 Å². The van der Waals surface area contributed by atoms with E-state index in [4.69, 9.17) is 25.8 Å². The molecule has 4 aromatic rings. The number of ether oxygens (including phenoxy) is 3. The quantitative estimate of drug-likeness (QED) is 0.429. The summed E-state index contributed by atoms with van der Waals surface area (Å²) in [6, 6.07) is 12.8. The lowest BCUT2D eigenvalue weighted by Crippen LogP contribution is -2.11. The first-order valence-electron chi connectivity index (χ1n) is 9.29. The van der Waals surface area contributed by atoms with Crippen LogP contribution in [0, 0.1) is 0 Å². The van der Waals surface area contributed by atoms with Crippen molar-refractivity contribution in [2.45, 2.75) is 0 Å². The first kappa shape index (κ1) is 21.0. The molecule has 0 saturated carbocycles. The van der Waals surface area contributed by atoms with Gasteiger partial charge in [-0.15, -0.1) is 11.3 Å². The second-order valence-electron chi connectivity index (χ2n) is 6.67. The smallest absolute Gasteiger partial charge is 0.265 e. The minimum atomic E-state index is -0.266. The summed E-state index contributed by atoms with van der Waals surface area (Å²) < 4.78 is 17.7. The average Bonchev–Trinajstić information content (AvgIpc) is 3.34. The van der Waals surface area contributed by atoms with Gasteiger partial charge in [0.1, 0.15) is 27.8 Å². The van der Waals surface area contributed by atoms with E-state index in [0.29, 0.717) is 27.1 Å². The minimum absolute atomic E-state index is 0.266. The number of rotatable bonds is 6. The molecule has 0 unspecified atom stereocenters. The molecule has 0 bridgehead atoms. The second-order valence-corrected chi connectivity index (χ2v) is 8.11. The maximum absolute atomic E-state index is 13.0. The maximum Gasteiger partial charge on any atom is 0.265 e. The molecule has 160 valence electrons. The molecule has 2 heterocycles. The first-order valence-corrected chi connectivity index (χ1v) is 10.5. The SMILES string of the molecule is COc1cccc(-c2nn(C)c3sc(C(=O)Nc4cc(Cl)c(OC)cc4OC)cc23)c1. The number of nitrogens with zero attached hydrogens (tertiary/aromatic N) is 2. The van der Waals surface area contributed by atoms with E-state index in [1.807, 2.05) is 37.4 Å². The number of halogens is 1. The van der Waals surface area contributed by atoms with E-state index in [2.05, 4.69) is 10.4 Å². The number of carbonyl (C=O) groups is 1. The molecule has 0 spiro atoms. The van der Waals surface area contributed by atoms with Gasteiger partial charge in [0.05, 0.1) is 36.9 Å². The van der Waals surface area contributed by atoms with Crippen LogP contribution in [0.15, 0.2) is 42.5 Å². The molecule has 4 rings (SSSR count). The monoisotopic (exact) mass is 457 g/mol. The highest BCUT2D eigenvalue weighted by Crippen LogP contribution is 2.38. The van der Waals surface area contributed by atoms with Crippen molar-refractivity contribution in [1.29, 1.82) is 0 Å². The van der Waals surface area contributed by atoms with Crippen molar-refractivity contribution in [2.24, 2.45) is 7.05 Å². The highest BCUT2D eigenvalue weighted by molar-refractivity contribution is 7.20. The summed E-state index contributed by atoms with van der Waals surface area (Å²) in [6.45, 7) is 0. The first-order chi connectivity index (χ1) is 14.9. The van der Waals surface area contributed by atoms with E-state index in [1.54, 1.807) is 23.9 Å². The van der Waals surface area contributed by atoms with Crippen LogP contribution in [-0.2, 0) is 7.05 Å². The summed E-state index contributed by atoms with van der Waals surface area (Å²) in [6.07, 6.45) is 0. The molecular weight excluding hydrogens is 438 g/mol. The highest BCUT2D eigenvalue weighted by Gasteiger charge is 2.20. The van der Waals surface area contributed by atoms with Crippen LogP contribution in [0.5, 0.6) is 17.2 Å². The number of nitrogens with one attached hydrogen (secondary N) is 1. The summed E-state index contributed by atoms with van der Waals surface area (Å²) >= 11 is 7.58. The fourth-order valence-electron chi connectivity index (χ4n) is 3.28. The average molecular weight is 458 g/mol. The Balaban J connectivity index is 1.70. The van der Waals surface area contributed by atoms with Gasteiger partial charge in [0, 0.05) is 24.1 Å². The van der Waals surface area contributed by atoms with Crippen molar-refractivity contribution >= 4 is 44.7 Å². The predicted molar refractivity (Wildman–Crippen MR) is 123 cm³/mol. The maximum atomic E-state index is 13.0. The van der Waals surface area contributed by atoms with Crippen molar-refractivity contribution < 1.29 is 19.0 Å². The lowest BCUT2D eigenvalue weighted by Gasteiger charge is -2.12. The van der Waals surface area contributed by atoms with Gasteiger partial charge in [0.2, 0.25) is 0 Å². The van der Waals surface area contributed by atoms with E-state index >= 15 is 0 Å². The third-order valence-electron chi connectivity index (χ3n) is 4.80. The fraction of sp³-hybridized carbons (Fsp3) is 0.182. The van der Waals surface area contributed by atoms with E-state index in [-0.39, 0.29) is 5.91 Å². The van der Waals surface area contributed by atoms with Gasteiger partial charge in [-0.05, 0) is 24.3 Å². The number of amides is 1. The van der Waals surface area contributed by atoms with Gasteiger partial charge in [-0.2, -0.15) is 5.10 Å². The molecule has 1 N–H and O–H groups in total. The van der Waals surface area contributed by atoms with E-state index in [1.165, 1.54) is 25.6 Å². The van der Waals surface area contributed by atoms with Crippen molar-refractivity contribution in [3.8, 4) is 28.5 Å². The van der Waals surface area contributed by atoms with Crippen LogP contribution in [0.4, 0.5) is 5.69 Å². The molecule has 7 nitrogen and oxygen atoms in total. The molecule has 0 atom stereocenters. The van der Waals surface area contributed by atoms with Crippen LogP contribution >= 0.6 is 22.9 Å². The Morgan fingerprint density at radius 3 is 2.55 bits per heavy atom. The number of thiophene rings is 1. The summed E-state index contributed by atoms with van der Waals surface area (Å²) in [7, 11) is 6.52. The van der Waals surface area contributed by atoms with Crippen LogP contribution in [0.2, 0.25) is 5.02 Å². The van der Waals surface area contributed by atoms with E-state index in [0.717, 1.165) is 27.2 Å². The Morgan fingerprint density at radius 2 is 1.84 bits per heavy atom. The lowest BCUT2D eigenvalue weighted by atomic mass is 10.1. The van der Waals surface area contributed by atoms with Gasteiger partial charge in [-0.1, -0.05) is 23.7 Å². The topological polar surface area (TPSA) is 74.6 Å². The number of hydrogen-bond donors (Lipinski definition) is 1. The molecule has 0 aliphatic rings. The number of methoxy groups -OCH3 is 3. The number of benzene rings is 2. The Hall–Kier alpha value is -3.23. The molecule has 0 saturated heterocycles. The largest absolute Gasteiger partial charge is 0.497 e. The summed E-state index contributed by atoms with van der Waals surface area (Å²) in [5, 5.41) is 8.77. The molecule has 1 amide bonds.